The van der Waals surface area contributed by atoms with Crippen molar-refractivity contribution < 1.29 is 14.3 Å². The molecule has 2 rings (SSSR count). The largest absolute Gasteiger partial charge is 0.456 e. The first kappa shape index (κ1) is 19.8. The van der Waals surface area contributed by atoms with E-state index in [0.717, 1.165) is 16.1 Å². The summed E-state index contributed by atoms with van der Waals surface area (Å²) in [4.78, 5) is 26.6. The fourth-order valence-electron chi connectivity index (χ4n) is 2.15. The van der Waals surface area contributed by atoms with Crippen LogP contribution in [0.25, 0.3) is 0 Å². The van der Waals surface area contributed by atoms with Gasteiger partial charge in [-0.1, -0.05) is 30.3 Å². The SMILES string of the molecule is CN(C)c1ccc(CNC(=O)COC(=O)CCSc2ccccc2)cc1. The number of hydrogen-bond acceptors (Lipinski definition) is 5. The van der Waals surface area contributed by atoms with Crippen molar-refractivity contribution in [3.05, 3.63) is 60.2 Å². The Balaban J connectivity index is 1.61. The van der Waals surface area contributed by atoms with Crippen molar-refractivity contribution in [1.82, 2.24) is 5.32 Å². The van der Waals surface area contributed by atoms with E-state index in [9.17, 15) is 9.59 Å². The van der Waals surface area contributed by atoms with E-state index in [1.165, 1.54) is 0 Å². The molecule has 0 aliphatic heterocycles. The van der Waals surface area contributed by atoms with Crippen LogP contribution in [0.1, 0.15) is 12.0 Å². The van der Waals surface area contributed by atoms with Crippen molar-refractivity contribution in [2.45, 2.75) is 17.9 Å². The summed E-state index contributed by atoms with van der Waals surface area (Å²) in [7, 11) is 3.95. The second-order valence-corrected chi connectivity index (χ2v) is 7.08. The third kappa shape index (κ3) is 7.19. The maximum atomic E-state index is 11.8. The van der Waals surface area contributed by atoms with Crippen LogP contribution in [0.2, 0.25) is 0 Å². The molecule has 0 atom stereocenters. The van der Waals surface area contributed by atoms with Crippen molar-refractivity contribution in [3.63, 3.8) is 0 Å². The number of ether oxygens (including phenoxy) is 1. The van der Waals surface area contributed by atoms with Gasteiger partial charge in [0.2, 0.25) is 0 Å². The van der Waals surface area contributed by atoms with E-state index >= 15 is 0 Å². The summed E-state index contributed by atoms with van der Waals surface area (Å²) < 4.78 is 5.01. The smallest absolute Gasteiger partial charge is 0.307 e. The van der Waals surface area contributed by atoms with E-state index in [1.54, 1.807) is 11.8 Å². The molecule has 26 heavy (non-hydrogen) atoms. The molecule has 138 valence electrons. The number of rotatable bonds is 9. The van der Waals surface area contributed by atoms with Gasteiger partial charge in [-0.05, 0) is 29.8 Å². The highest BCUT2D eigenvalue weighted by Gasteiger charge is 2.08. The average molecular weight is 372 g/mol. The van der Waals surface area contributed by atoms with Crippen LogP contribution in [0.15, 0.2) is 59.5 Å². The molecular weight excluding hydrogens is 348 g/mol. The van der Waals surface area contributed by atoms with Gasteiger partial charge in [-0.3, -0.25) is 9.59 Å². The van der Waals surface area contributed by atoms with E-state index in [2.05, 4.69) is 5.32 Å². The molecular formula is C20H24N2O3S. The quantitative estimate of drug-likeness (QED) is 0.541. The molecule has 0 radical (unpaired) electrons. The summed E-state index contributed by atoms with van der Waals surface area (Å²) in [5, 5.41) is 2.75. The van der Waals surface area contributed by atoms with E-state index in [-0.39, 0.29) is 24.9 Å². The van der Waals surface area contributed by atoms with Crippen LogP contribution in [0.5, 0.6) is 0 Å². The minimum atomic E-state index is -0.362. The Bertz CT molecular complexity index is 703. The van der Waals surface area contributed by atoms with Crippen molar-refractivity contribution >= 4 is 29.3 Å². The van der Waals surface area contributed by atoms with Crippen LogP contribution < -0.4 is 10.2 Å². The zero-order valence-electron chi connectivity index (χ0n) is 15.1. The maximum Gasteiger partial charge on any atom is 0.307 e. The first-order chi connectivity index (χ1) is 12.5. The van der Waals surface area contributed by atoms with Crippen LogP contribution in [0.3, 0.4) is 0 Å². The number of carbonyl (C=O) groups is 2. The van der Waals surface area contributed by atoms with Crippen molar-refractivity contribution in [2.24, 2.45) is 0 Å². The number of benzene rings is 2. The molecule has 0 bridgehead atoms. The summed E-state index contributed by atoms with van der Waals surface area (Å²) in [5.41, 5.74) is 2.09. The summed E-state index contributed by atoms with van der Waals surface area (Å²) in [6.45, 7) is 0.165. The Labute approximate surface area is 158 Å². The van der Waals surface area contributed by atoms with Crippen LogP contribution in [-0.2, 0) is 20.9 Å². The lowest BCUT2D eigenvalue weighted by molar-refractivity contribution is -0.148. The topological polar surface area (TPSA) is 58.6 Å². The number of amides is 1. The molecule has 6 heteroatoms. The van der Waals surface area contributed by atoms with Gasteiger partial charge in [0.05, 0.1) is 6.42 Å². The van der Waals surface area contributed by atoms with E-state index in [4.69, 9.17) is 4.74 Å². The van der Waals surface area contributed by atoms with Gasteiger partial charge in [0.15, 0.2) is 6.61 Å². The molecule has 2 aromatic rings. The Morgan fingerprint density at radius 3 is 2.38 bits per heavy atom. The summed E-state index contributed by atoms with van der Waals surface area (Å²) in [6.07, 6.45) is 0.277. The lowest BCUT2D eigenvalue weighted by Crippen LogP contribution is -2.28. The standard InChI is InChI=1S/C20H24N2O3S/c1-22(2)17-10-8-16(9-11-17)14-21-19(23)15-25-20(24)12-13-26-18-6-4-3-5-7-18/h3-11H,12-15H2,1-2H3,(H,21,23). The number of esters is 1. The Morgan fingerprint density at radius 1 is 1.04 bits per heavy atom. The molecule has 0 aliphatic rings. The molecule has 0 unspecified atom stereocenters. The fourth-order valence-corrected chi connectivity index (χ4v) is 3.00. The highest BCUT2D eigenvalue weighted by atomic mass is 32.2. The number of nitrogens with one attached hydrogen (secondary N) is 1. The molecule has 1 N–H and O–H groups in total. The first-order valence-corrected chi connectivity index (χ1v) is 9.39. The predicted octanol–water partition coefficient (Wildman–Crippen LogP) is 3.09. The van der Waals surface area contributed by atoms with Crippen molar-refractivity contribution in [3.8, 4) is 0 Å². The number of nitrogens with zero attached hydrogens (tertiary/aromatic N) is 1. The van der Waals surface area contributed by atoms with Gasteiger partial charge in [0.25, 0.3) is 5.91 Å². The lowest BCUT2D eigenvalue weighted by atomic mass is 10.2. The van der Waals surface area contributed by atoms with Gasteiger partial charge in [-0.2, -0.15) is 0 Å². The van der Waals surface area contributed by atoms with Crippen LogP contribution in [0.4, 0.5) is 5.69 Å². The lowest BCUT2D eigenvalue weighted by Gasteiger charge is -2.13. The number of anilines is 1. The minimum Gasteiger partial charge on any atom is -0.456 e. The maximum absolute atomic E-state index is 11.8. The summed E-state index contributed by atoms with van der Waals surface area (Å²) in [5.74, 6) is -0.0347. The zero-order valence-corrected chi connectivity index (χ0v) is 15.9. The average Bonchev–Trinajstić information content (AvgIpc) is 2.66. The van der Waals surface area contributed by atoms with Gasteiger partial charge in [-0.15, -0.1) is 11.8 Å². The summed E-state index contributed by atoms with van der Waals surface area (Å²) >= 11 is 1.59. The van der Waals surface area contributed by atoms with Gasteiger partial charge in [-0.25, -0.2) is 0 Å². The molecule has 0 aliphatic carbocycles. The van der Waals surface area contributed by atoms with Gasteiger partial charge in [0.1, 0.15) is 0 Å². The monoisotopic (exact) mass is 372 g/mol. The first-order valence-electron chi connectivity index (χ1n) is 8.41. The number of hydrogen-bond donors (Lipinski definition) is 1. The van der Waals surface area contributed by atoms with E-state index in [1.807, 2.05) is 73.6 Å². The van der Waals surface area contributed by atoms with Crippen LogP contribution >= 0.6 is 11.8 Å². The molecule has 2 aromatic carbocycles. The molecule has 0 aromatic heterocycles. The molecule has 1 amide bonds. The molecule has 0 fully saturated rings. The molecule has 0 saturated carbocycles. The molecule has 0 spiro atoms. The van der Waals surface area contributed by atoms with Crippen LogP contribution in [0, 0.1) is 0 Å². The third-order valence-electron chi connectivity index (χ3n) is 3.62. The van der Waals surface area contributed by atoms with Crippen LogP contribution in [-0.4, -0.2) is 38.3 Å². The third-order valence-corrected chi connectivity index (χ3v) is 4.64. The fraction of sp³-hybridized carbons (Fsp3) is 0.300. The Hall–Kier alpha value is -2.47. The van der Waals surface area contributed by atoms with E-state index < -0.39 is 0 Å². The number of thioether (sulfide) groups is 1. The summed E-state index contributed by atoms with van der Waals surface area (Å²) in [6, 6.07) is 17.8. The van der Waals surface area contributed by atoms with Gasteiger partial charge < -0.3 is 15.0 Å². The van der Waals surface area contributed by atoms with Crippen molar-refractivity contribution in [2.75, 3.05) is 31.4 Å². The van der Waals surface area contributed by atoms with E-state index in [0.29, 0.717) is 12.3 Å². The predicted molar refractivity (Wildman–Crippen MR) is 105 cm³/mol. The Morgan fingerprint density at radius 2 is 1.73 bits per heavy atom. The minimum absolute atomic E-state index is 0.245. The second kappa shape index (κ2) is 10.5. The second-order valence-electron chi connectivity index (χ2n) is 5.91. The molecule has 5 nitrogen and oxygen atoms in total. The van der Waals surface area contributed by atoms with Gasteiger partial charge in [0, 0.05) is 37.0 Å². The zero-order chi connectivity index (χ0) is 18.8. The number of carbonyl (C=O) groups excluding carboxylic acids is 2. The Kier molecular flexibility index (Phi) is 8.02. The molecule has 0 heterocycles. The normalized spacial score (nSPS) is 10.2. The highest BCUT2D eigenvalue weighted by molar-refractivity contribution is 7.99. The highest BCUT2D eigenvalue weighted by Crippen LogP contribution is 2.17. The molecule has 0 saturated heterocycles. The van der Waals surface area contributed by atoms with Gasteiger partial charge >= 0.3 is 5.97 Å². The van der Waals surface area contributed by atoms with Crippen molar-refractivity contribution in [1.29, 1.82) is 0 Å².